The Hall–Kier alpha value is -0.760. The number of hydrogen-bond acceptors (Lipinski definition) is 4. The molecule has 1 aromatic carbocycles. The lowest BCUT2D eigenvalue weighted by molar-refractivity contribution is 0.483. The maximum Gasteiger partial charge on any atom is 0.295 e. The summed E-state index contributed by atoms with van der Waals surface area (Å²) in [7, 11) is -4.24. The summed E-state index contributed by atoms with van der Waals surface area (Å²) in [6.07, 6.45) is 1.59. The van der Waals surface area contributed by atoms with Crippen molar-refractivity contribution in [3.8, 4) is 10.6 Å². The van der Waals surface area contributed by atoms with Crippen LogP contribution in [0.1, 0.15) is 5.56 Å². The van der Waals surface area contributed by atoms with Crippen LogP contribution in [-0.4, -0.2) is 18.0 Å². The predicted octanol–water partition coefficient (Wildman–Crippen LogP) is 3.13. The van der Waals surface area contributed by atoms with Crippen LogP contribution in [0.15, 0.2) is 33.1 Å². The number of aryl methyl sites for hydroxylation is 1. The first kappa shape index (κ1) is 12.7. The van der Waals surface area contributed by atoms with Gasteiger partial charge >= 0.3 is 0 Å². The summed E-state index contributed by atoms with van der Waals surface area (Å²) in [5, 5.41) is 0.549. The largest absolute Gasteiger partial charge is 0.295 e. The fourth-order valence-electron chi connectivity index (χ4n) is 1.41. The molecule has 1 heterocycles. The van der Waals surface area contributed by atoms with E-state index in [1.165, 1.54) is 17.4 Å². The number of aromatic nitrogens is 1. The Labute approximate surface area is 111 Å². The number of rotatable bonds is 2. The number of halogens is 1. The van der Waals surface area contributed by atoms with Crippen molar-refractivity contribution in [2.45, 2.75) is 11.8 Å². The highest BCUT2D eigenvalue weighted by molar-refractivity contribution is 9.11. The Morgan fingerprint density at radius 2 is 2.12 bits per heavy atom. The molecule has 0 spiro atoms. The Kier molecular flexibility index (Phi) is 3.35. The predicted molar refractivity (Wildman–Crippen MR) is 69.8 cm³/mol. The van der Waals surface area contributed by atoms with Gasteiger partial charge in [0.05, 0.1) is 9.98 Å². The van der Waals surface area contributed by atoms with Gasteiger partial charge in [0.1, 0.15) is 9.90 Å². The molecule has 0 fully saturated rings. The summed E-state index contributed by atoms with van der Waals surface area (Å²) in [6, 6.07) is 4.71. The van der Waals surface area contributed by atoms with Crippen LogP contribution in [0, 0.1) is 6.92 Å². The van der Waals surface area contributed by atoms with Crippen LogP contribution in [-0.2, 0) is 10.1 Å². The smallest absolute Gasteiger partial charge is 0.282 e. The second-order valence-electron chi connectivity index (χ2n) is 3.44. The quantitative estimate of drug-likeness (QED) is 0.857. The second kappa shape index (κ2) is 4.49. The number of nitrogens with zero attached hydrogens (tertiary/aromatic N) is 1. The average Bonchev–Trinajstić information content (AvgIpc) is 2.62. The Morgan fingerprint density at radius 1 is 1.41 bits per heavy atom. The Morgan fingerprint density at radius 3 is 2.65 bits per heavy atom. The monoisotopic (exact) mass is 333 g/mol. The minimum Gasteiger partial charge on any atom is -0.282 e. The molecule has 1 aromatic heterocycles. The normalized spacial score (nSPS) is 11.7. The zero-order chi connectivity index (χ0) is 12.6. The van der Waals surface area contributed by atoms with E-state index in [0.717, 1.165) is 9.35 Å². The van der Waals surface area contributed by atoms with E-state index < -0.39 is 10.1 Å². The van der Waals surface area contributed by atoms with Gasteiger partial charge in [-0.15, -0.1) is 11.3 Å². The number of thiazole rings is 1. The second-order valence-corrected chi connectivity index (χ2v) is 7.24. The fourth-order valence-corrected chi connectivity index (χ4v) is 3.39. The lowest BCUT2D eigenvalue weighted by atomic mass is 10.1. The van der Waals surface area contributed by atoms with Gasteiger partial charge in [0.15, 0.2) is 0 Å². The zero-order valence-electron chi connectivity index (χ0n) is 8.71. The summed E-state index contributed by atoms with van der Waals surface area (Å²) >= 11 is 4.58. The highest BCUT2D eigenvalue weighted by Crippen LogP contribution is 2.33. The highest BCUT2D eigenvalue weighted by Gasteiger charge is 2.18. The summed E-state index contributed by atoms with van der Waals surface area (Å²) < 4.78 is 32.5. The van der Waals surface area contributed by atoms with Gasteiger partial charge in [0, 0.05) is 5.56 Å². The molecule has 17 heavy (non-hydrogen) atoms. The molecule has 90 valence electrons. The van der Waals surface area contributed by atoms with Crippen molar-refractivity contribution in [3.63, 3.8) is 0 Å². The van der Waals surface area contributed by atoms with E-state index in [9.17, 15) is 8.42 Å². The van der Waals surface area contributed by atoms with Crippen molar-refractivity contribution in [3.05, 3.63) is 33.7 Å². The van der Waals surface area contributed by atoms with E-state index in [1.807, 2.05) is 6.92 Å². The van der Waals surface area contributed by atoms with E-state index in [0.29, 0.717) is 10.6 Å². The zero-order valence-corrected chi connectivity index (χ0v) is 11.9. The fraction of sp³-hybridized carbons (Fsp3) is 0.100. The standard InChI is InChI=1S/C10H8BrNO3S2/c1-6-2-3-8(17(13,14)15)7(4-6)10-12-5-9(11)16-10/h2-5H,1H3,(H,13,14,15). The molecule has 7 heteroatoms. The molecule has 0 aliphatic heterocycles. The number of benzene rings is 1. The van der Waals surface area contributed by atoms with Crippen LogP contribution >= 0.6 is 27.3 Å². The molecule has 0 amide bonds. The van der Waals surface area contributed by atoms with E-state index in [1.54, 1.807) is 18.3 Å². The van der Waals surface area contributed by atoms with E-state index in [-0.39, 0.29) is 4.90 Å². The van der Waals surface area contributed by atoms with Crippen molar-refractivity contribution in [2.75, 3.05) is 0 Å². The van der Waals surface area contributed by atoms with Crippen molar-refractivity contribution in [1.29, 1.82) is 0 Å². The van der Waals surface area contributed by atoms with Crippen LogP contribution in [0.3, 0.4) is 0 Å². The minimum atomic E-state index is -4.24. The molecule has 2 aromatic rings. The molecule has 0 radical (unpaired) electrons. The molecule has 0 aliphatic rings. The molecule has 0 bridgehead atoms. The van der Waals surface area contributed by atoms with Crippen molar-refractivity contribution >= 4 is 37.4 Å². The third-order valence-electron chi connectivity index (χ3n) is 2.12. The van der Waals surface area contributed by atoms with Crippen molar-refractivity contribution in [2.24, 2.45) is 0 Å². The molecule has 0 saturated heterocycles. The first-order valence-electron chi connectivity index (χ1n) is 4.58. The summed E-state index contributed by atoms with van der Waals surface area (Å²) in [4.78, 5) is 3.98. The third-order valence-corrected chi connectivity index (χ3v) is 4.54. The van der Waals surface area contributed by atoms with Crippen LogP contribution in [0.5, 0.6) is 0 Å². The van der Waals surface area contributed by atoms with Gasteiger partial charge in [-0.1, -0.05) is 11.6 Å². The molecule has 4 nitrogen and oxygen atoms in total. The lowest BCUT2D eigenvalue weighted by Gasteiger charge is -2.05. The van der Waals surface area contributed by atoms with Gasteiger partial charge in [-0.3, -0.25) is 4.55 Å². The van der Waals surface area contributed by atoms with Crippen molar-refractivity contribution in [1.82, 2.24) is 4.98 Å². The highest BCUT2D eigenvalue weighted by atomic mass is 79.9. The first-order chi connectivity index (χ1) is 7.88. The lowest BCUT2D eigenvalue weighted by Crippen LogP contribution is -2.00. The topological polar surface area (TPSA) is 67.3 Å². The molecule has 1 N–H and O–H groups in total. The van der Waals surface area contributed by atoms with Crippen molar-refractivity contribution < 1.29 is 13.0 Å². The van der Waals surface area contributed by atoms with Crippen LogP contribution in [0.4, 0.5) is 0 Å². The van der Waals surface area contributed by atoms with Gasteiger partial charge in [-0.25, -0.2) is 4.98 Å². The molecular formula is C10H8BrNO3S2. The minimum absolute atomic E-state index is 0.120. The van der Waals surface area contributed by atoms with Gasteiger partial charge in [-0.2, -0.15) is 8.42 Å². The van der Waals surface area contributed by atoms with Crippen LogP contribution < -0.4 is 0 Å². The Bertz CT molecular complexity index is 664. The van der Waals surface area contributed by atoms with E-state index in [2.05, 4.69) is 20.9 Å². The molecule has 0 saturated carbocycles. The maximum atomic E-state index is 11.3. The molecular weight excluding hydrogens is 326 g/mol. The Balaban J connectivity index is 2.71. The summed E-state index contributed by atoms with van der Waals surface area (Å²) in [5.41, 5.74) is 1.32. The van der Waals surface area contributed by atoms with E-state index in [4.69, 9.17) is 4.55 Å². The molecule has 0 unspecified atom stereocenters. The number of hydrogen-bond donors (Lipinski definition) is 1. The van der Waals surface area contributed by atoms with E-state index >= 15 is 0 Å². The van der Waals surface area contributed by atoms with Crippen LogP contribution in [0.2, 0.25) is 0 Å². The summed E-state index contributed by atoms with van der Waals surface area (Å²) in [6.45, 7) is 1.85. The third kappa shape index (κ3) is 2.74. The van der Waals surface area contributed by atoms with Gasteiger partial charge < -0.3 is 0 Å². The maximum absolute atomic E-state index is 11.3. The first-order valence-corrected chi connectivity index (χ1v) is 7.63. The van der Waals surface area contributed by atoms with Gasteiger partial charge in [-0.05, 0) is 35.0 Å². The molecule has 0 atom stereocenters. The SMILES string of the molecule is Cc1ccc(S(=O)(=O)O)c(-c2ncc(Br)s2)c1. The summed E-state index contributed by atoms with van der Waals surface area (Å²) in [5.74, 6) is 0. The van der Waals surface area contributed by atoms with Gasteiger partial charge in [0.2, 0.25) is 0 Å². The van der Waals surface area contributed by atoms with Gasteiger partial charge in [0.25, 0.3) is 10.1 Å². The van der Waals surface area contributed by atoms with Crippen LogP contribution in [0.25, 0.3) is 10.6 Å². The molecule has 0 aliphatic carbocycles. The molecule has 2 rings (SSSR count). The average molecular weight is 334 g/mol.